The molecule has 0 spiro atoms. The van der Waals surface area contributed by atoms with Gasteiger partial charge in [-0.3, -0.25) is 4.79 Å². The van der Waals surface area contributed by atoms with Crippen molar-refractivity contribution in [2.24, 2.45) is 0 Å². The minimum atomic E-state index is -0.423. The van der Waals surface area contributed by atoms with Gasteiger partial charge >= 0.3 is 0 Å². The predicted octanol–water partition coefficient (Wildman–Crippen LogP) is 3.46. The van der Waals surface area contributed by atoms with Gasteiger partial charge in [-0.2, -0.15) is 0 Å². The number of ketones is 1. The normalized spacial score (nSPS) is 11.0. The molecular formula is C19H20O5. The van der Waals surface area contributed by atoms with E-state index in [2.05, 4.69) is 0 Å². The lowest BCUT2D eigenvalue weighted by molar-refractivity contribution is 0.104. The summed E-state index contributed by atoms with van der Waals surface area (Å²) in [6.45, 7) is 1.58. The van der Waals surface area contributed by atoms with Gasteiger partial charge in [0.1, 0.15) is 22.8 Å². The molecule has 2 N–H and O–H groups in total. The Kier molecular flexibility index (Phi) is 5.60. The number of phenols is 2. The average Bonchev–Trinajstić information content (AvgIpc) is 2.60. The summed E-state index contributed by atoms with van der Waals surface area (Å²) in [6.07, 6.45) is 3.01. The van der Waals surface area contributed by atoms with Crippen molar-refractivity contribution in [1.29, 1.82) is 0 Å². The molecule has 0 saturated heterocycles. The summed E-state index contributed by atoms with van der Waals surface area (Å²) in [5, 5.41) is 20.5. The molecule has 0 bridgehead atoms. The standard InChI is InChI=1S/C19H20O5/c1-12-17(21)14(11-23-2)19(24-3)16(18(12)22)15(20)10-9-13-7-5-4-6-8-13/h4-10,21-22H,11H2,1-3H3. The number of phenolic OH excluding ortho intramolecular Hbond substituents is 2. The Morgan fingerprint density at radius 1 is 1.12 bits per heavy atom. The molecule has 126 valence electrons. The fraction of sp³-hybridized carbons (Fsp3) is 0.211. The quantitative estimate of drug-likeness (QED) is 0.627. The van der Waals surface area contributed by atoms with Gasteiger partial charge in [0.2, 0.25) is 0 Å². The molecule has 0 saturated carbocycles. The van der Waals surface area contributed by atoms with E-state index in [-0.39, 0.29) is 35.0 Å². The van der Waals surface area contributed by atoms with Crippen LogP contribution in [0.4, 0.5) is 0 Å². The van der Waals surface area contributed by atoms with E-state index in [1.54, 1.807) is 6.08 Å². The topological polar surface area (TPSA) is 76.0 Å². The summed E-state index contributed by atoms with van der Waals surface area (Å²) in [7, 11) is 2.85. The number of allylic oxidation sites excluding steroid dienone is 1. The lowest BCUT2D eigenvalue weighted by Gasteiger charge is -2.17. The first kappa shape index (κ1) is 17.6. The van der Waals surface area contributed by atoms with Crippen molar-refractivity contribution in [2.45, 2.75) is 13.5 Å². The maximum Gasteiger partial charge on any atom is 0.193 e. The van der Waals surface area contributed by atoms with E-state index >= 15 is 0 Å². The minimum Gasteiger partial charge on any atom is -0.507 e. The number of rotatable bonds is 6. The zero-order valence-corrected chi connectivity index (χ0v) is 13.9. The zero-order chi connectivity index (χ0) is 17.7. The van der Waals surface area contributed by atoms with Gasteiger partial charge in [-0.25, -0.2) is 0 Å². The molecule has 0 aliphatic carbocycles. The number of benzene rings is 2. The first-order chi connectivity index (χ1) is 11.5. The highest BCUT2D eigenvalue weighted by Crippen LogP contribution is 2.42. The Morgan fingerprint density at radius 2 is 1.79 bits per heavy atom. The Bertz CT molecular complexity index is 763. The van der Waals surface area contributed by atoms with Crippen molar-refractivity contribution < 1.29 is 24.5 Å². The van der Waals surface area contributed by atoms with Crippen LogP contribution in [-0.2, 0) is 11.3 Å². The molecule has 0 amide bonds. The molecule has 0 radical (unpaired) electrons. The molecule has 0 aliphatic rings. The van der Waals surface area contributed by atoms with E-state index in [0.29, 0.717) is 5.56 Å². The van der Waals surface area contributed by atoms with Gasteiger partial charge in [0.05, 0.1) is 19.3 Å². The highest BCUT2D eigenvalue weighted by molar-refractivity contribution is 6.11. The van der Waals surface area contributed by atoms with E-state index in [4.69, 9.17) is 9.47 Å². The summed E-state index contributed by atoms with van der Waals surface area (Å²) in [5.74, 6) is -0.754. The molecule has 2 aromatic carbocycles. The van der Waals surface area contributed by atoms with Crippen LogP contribution in [0.2, 0.25) is 0 Å². The molecule has 2 rings (SSSR count). The summed E-state index contributed by atoms with van der Waals surface area (Å²) < 4.78 is 10.3. The van der Waals surface area contributed by atoms with Crippen LogP contribution in [0.25, 0.3) is 6.08 Å². The van der Waals surface area contributed by atoms with E-state index in [1.807, 2.05) is 30.3 Å². The Balaban J connectivity index is 2.52. The molecule has 0 heterocycles. The number of hydrogen-bond acceptors (Lipinski definition) is 5. The maximum absolute atomic E-state index is 12.6. The third-order valence-electron chi connectivity index (χ3n) is 3.70. The van der Waals surface area contributed by atoms with Crippen LogP contribution < -0.4 is 4.74 Å². The monoisotopic (exact) mass is 328 g/mol. The maximum atomic E-state index is 12.6. The first-order valence-corrected chi connectivity index (χ1v) is 7.39. The van der Waals surface area contributed by atoms with Crippen LogP contribution in [0.3, 0.4) is 0 Å². The van der Waals surface area contributed by atoms with Gasteiger partial charge in [0.15, 0.2) is 5.78 Å². The van der Waals surface area contributed by atoms with E-state index in [1.165, 1.54) is 27.2 Å². The second-order valence-electron chi connectivity index (χ2n) is 5.25. The number of carbonyl (C=O) groups is 1. The molecule has 0 aliphatic heterocycles. The van der Waals surface area contributed by atoms with Crippen molar-refractivity contribution >= 4 is 11.9 Å². The highest BCUT2D eigenvalue weighted by Gasteiger charge is 2.25. The lowest BCUT2D eigenvalue weighted by atomic mass is 9.98. The Morgan fingerprint density at radius 3 is 2.38 bits per heavy atom. The van der Waals surface area contributed by atoms with Crippen LogP contribution in [0, 0.1) is 6.92 Å². The molecule has 0 unspecified atom stereocenters. The molecule has 5 nitrogen and oxygen atoms in total. The lowest BCUT2D eigenvalue weighted by Crippen LogP contribution is -2.06. The summed E-state index contributed by atoms with van der Waals surface area (Å²) in [5.41, 5.74) is 1.40. The third kappa shape index (κ3) is 3.41. The third-order valence-corrected chi connectivity index (χ3v) is 3.70. The van der Waals surface area contributed by atoms with Crippen LogP contribution in [-0.4, -0.2) is 30.2 Å². The van der Waals surface area contributed by atoms with Crippen molar-refractivity contribution in [3.05, 3.63) is 58.7 Å². The molecule has 2 aromatic rings. The second kappa shape index (κ2) is 7.66. The first-order valence-electron chi connectivity index (χ1n) is 7.39. The molecular weight excluding hydrogens is 308 g/mol. The van der Waals surface area contributed by atoms with Crippen LogP contribution in [0.5, 0.6) is 17.2 Å². The molecule has 0 fully saturated rings. The number of aromatic hydroxyl groups is 2. The van der Waals surface area contributed by atoms with Gasteiger partial charge in [-0.1, -0.05) is 36.4 Å². The van der Waals surface area contributed by atoms with Gasteiger partial charge in [0, 0.05) is 12.7 Å². The number of hydrogen-bond donors (Lipinski definition) is 2. The smallest absolute Gasteiger partial charge is 0.193 e. The van der Waals surface area contributed by atoms with Crippen molar-refractivity contribution in [3.63, 3.8) is 0 Å². The van der Waals surface area contributed by atoms with Crippen LogP contribution in [0.15, 0.2) is 36.4 Å². The van der Waals surface area contributed by atoms with E-state index in [9.17, 15) is 15.0 Å². The van der Waals surface area contributed by atoms with Crippen molar-refractivity contribution in [1.82, 2.24) is 0 Å². The predicted molar refractivity (Wildman–Crippen MR) is 91.6 cm³/mol. The molecule has 0 aromatic heterocycles. The summed E-state index contributed by atoms with van der Waals surface area (Å²) in [4.78, 5) is 12.6. The average molecular weight is 328 g/mol. The molecule has 5 heteroatoms. The fourth-order valence-corrected chi connectivity index (χ4v) is 2.44. The van der Waals surface area contributed by atoms with Crippen molar-refractivity contribution in [2.75, 3.05) is 14.2 Å². The molecule has 24 heavy (non-hydrogen) atoms. The summed E-state index contributed by atoms with van der Waals surface area (Å²) in [6, 6.07) is 9.33. The minimum absolute atomic E-state index is 0.00651. The summed E-state index contributed by atoms with van der Waals surface area (Å²) >= 11 is 0. The Labute approximate surface area is 140 Å². The van der Waals surface area contributed by atoms with Crippen LogP contribution in [0.1, 0.15) is 27.0 Å². The fourth-order valence-electron chi connectivity index (χ4n) is 2.44. The molecule has 0 atom stereocenters. The SMILES string of the molecule is COCc1c(O)c(C)c(O)c(C(=O)C=Cc2ccccc2)c1OC. The number of methoxy groups -OCH3 is 2. The van der Waals surface area contributed by atoms with E-state index in [0.717, 1.165) is 5.56 Å². The largest absolute Gasteiger partial charge is 0.507 e. The van der Waals surface area contributed by atoms with Gasteiger partial charge in [0.25, 0.3) is 0 Å². The Hall–Kier alpha value is -2.79. The van der Waals surface area contributed by atoms with E-state index < -0.39 is 5.78 Å². The van der Waals surface area contributed by atoms with Gasteiger partial charge in [-0.05, 0) is 18.6 Å². The van der Waals surface area contributed by atoms with Gasteiger partial charge in [-0.15, -0.1) is 0 Å². The van der Waals surface area contributed by atoms with Crippen molar-refractivity contribution in [3.8, 4) is 17.2 Å². The number of carbonyl (C=O) groups excluding carboxylic acids is 1. The highest BCUT2D eigenvalue weighted by atomic mass is 16.5. The van der Waals surface area contributed by atoms with Crippen LogP contribution >= 0.6 is 0 Å². The van der Waals surface area contributed by atoms with Gasteiger partial charge < -0.3 is 19.7 Å². The number of ether oxygens (including phenoxy) is 2. The zero-order valence-electron chi connectivity index (χ0n) is 13.9. The second-order valence-corrected chi connectivity index (χ2v) is 5.25.